The highest BCUT2D eigenvalue weighted by atomic mass is 32.2. The summed E-state index contributed by atoms with van der Waals surface area (Å²) in [7, 11) is -2.05. The molecule has 0 bridgehead atoms. The molecule has 0 aliphatic rings. The van der Waals surface area contributed by atoms with Gasteiger partial charge in [0.2, 0.25) is 21.8 Å². The lowest BCUT2D eigenvalue weighted by molar-refractivity contribution is -0.141. The van der Waals surface area contributed by atoms with E-state index in [0.717, 1.165) is 17.4 Å². The minimum absolute atomic E-state index is 0.0994. The summed E-state index contributed by atoms with van der Waals surface area (Å²) in [5.74, 6) is 0.0479. The number of aryl methyl sites for hydroxylation is 1. The summed E-state index contributed by atoms with van der Waals surface area (Å²) in [5.41, 5.74) is 2.44. The van der Waals surface area contributed by atoms with Crippen molar-refractivity contribution in [1.29, 1.82) is 0 Å². The monoisotopic (exact) mass is 503 g/mol. The van der Waals surface area contributed by atoms with Crippen molar-refractivity contribution >= 4 is 27.5 Å². The molecule has 2 amide bonds. The summed E-state index contributed by atoms with van der Waals surface area (Å²) >= 11 is 0. The molecule has 1 N–H and O–H groups in total. The lowest BCUT2D eigenvalue weighted by Crippen LogP contribution is -2.48. The van der Waals surface area contributed by atoms with Gasteiger partial charge in [-0.25, -0.2) is 8.42 Å². The van der Waals surface area contributed by atoms with Crippen LogP contribution in [-0.2, 0) is 26.2 Å². The average molecular weight is 504 g/mol. The van der Waals surface area contributed by atoms with Crippen molar-refractivity contribution in [2.75, 3.05) is 30.8 Å². The zero-order valence-electron chi connectivity index (χ0n) is 21.3. The van der Waals surface area contributed by atoms with E-state index in [2.05, 4.69) is 5.32 Å². The van der Waals surface area contributed by atoms with E-state index in [0.29, 0.717) is 37.4 Å². The zero-order valence-corrected chi connectivity index (χ0v) is 22.1. The van der Waals surface area contributed by atoms with Crippen molar-refractivity contribution < 1.29 is 22.7 Å². The first-order chi connectivity index (χ1) is 16.6. The molecule has 8 nitrogen and oxygen atoms in total. The van der Waals surface area contributed by atoms with Crippen LogP contribution < -0.4 is 14.4 Å². The van der Waals surface area contributed by atoms with E-state index < -0.39 is 16.1 Å². The number of ether oxygens (including phenoxy) is 1. The van der Waals surface area contributed by atoms with Crippen LogP contribution in [0.5, 0.6) is 5.75 Å². The van der Waals surface area contributed by atoms with E-state index in [1.54, 1.807) is 36.2 Å². The van der Waals surface area contributed by atoms with Crippen LogP contribution in [0.3, 0.4) is 0 Å². The second-order valence-corrected chi connectivity index (χ2v) is 10.2. The number of nitrogens with zero attached hydrogens (tertiary/aromatic N) is 2. The maximum Gasteiger partial charge on any atom is 0.242 e. The summed E-state index contributed by atoms with van der Waals surface area (Å²) in [4.78, 5) is 27.5. The second kappa shape index (κ2) is 13.1. The molecule has 0 spiro atoms. The number of hydrogen-bond acceptors (Lipinski definition) is 5. The molecular weight excluding hydrogens is 466 g/mol. The third-order valence-corrected chi connectivity index (χ3v) is 7.00. The van der Waals surface area contributed by atoms with Crippen LogP contribution in [-0.4, -0.2) is 57.6 Å². The second-order valence-electron chi connectivity index (χ2n) is 8.33. The molecule has 35 heavy (non-hydrogen) atoms. The first-order valence-corrected chi connectivity index (χ1v) is 13.7. The molecule has 2 aromatic carbocycles. The number of rotatable bonds is 13. The summed E-state index contributed by atoms with van der Waals surface area (Å²) in [6.07, 6.45) is 2.00. The van der Waals surface area contributed by atoms with E-state index in [1.807, 2.05) is 45.0 Å². The Balaban J connectivity index is 2.24. The lowest BCUT2D eigenvalue weighted by atomic mass is 10.1. The van der Waals surface area contributed by atoms with Crippen LogP contribution >= 0.6 is 0 Å². The molecule has 0 radical (unpaired) electrons. The third kappa shape index (κ3) is 7.71. The highest BCUT2D eigenvalue weighted by Gasteiger charge is 2.29. The Labute approximate surface area is 209 Å². The quantitative estimate of drug-likeness (QED) is 0.451. The van der Waals surface area contributed by atoms with Crippen molar-refractivity contribution in [2.45, 2.75) is 52.6 Å². The number of carbonyl (C=O) groups is 2. The molecule has 0 fully saturated rings. The van der Waals surface area contributed by atoms with Crippen LogP contribution in [0.4, 0.5) is 5.69 Å². The first kappa shape index (κ1) is 28.2. The van der Waals surface area contributed by atoms with Crippen LogP contribution in [0.25, 0.3) is 0 Å². The molecule has 0 aromatic heterocycles. The molecule has 0 unspecified atom stereocenters. The van der Waals surface area contributed by atoms with Crippen molar-refractivity contribution in [1.82, 2.24) is 10.2 Å². The third-order valence-electron chi connectivity index (χ3n) is 5.82. The molecule has 1 atom stereocenters. The van der Waals surface area contributed by atoms with Gasteiger partial charge >= 0.3 is 0 Å². The molecule has 192 valence electrons. The molecule has 0 saturated heterocycles. The Morgan fingerprint density at radius 1 is 1.06 bits per heavy atom. The van der Waals surface area contributed by atoms with Crippen molar-refractivity contribution in [3.63, 3.8) is 0 Å². The van der Waals surface area contributed by atoms with Gasteiger partial charge in [-0.15, -0.1) is 0 Å². The standard InChI is InChI=1S/C26H37N3O5S/c1-6-22(26(31)27-4)28(19-21-14-9-8-13-20(21)3)25(30)17-12-18-29(35(5,32)33)23-15-10-11-16-24(23)34-7-2/h8-11,13-16,22H,6-7,12,17-19H2,1-5H3,(H,27,31)/t22-/m1/s1. The van der Waals surface area contributed by atoms with Crippen molar-refractivity contribution in [3.8, 4) is 5.75 Å². The topological polar surface area (TPSA) is 96.0 Å². The normalized spacial score (nSPS) is 12.0. The average Bonchev–Trinajstić information content (AvgIpc) is 2.82. The predicted octanol–water partition coefficient (Wildman–Crippen LogP) is 3.49. The van der Waals surface area contributed by atoms with Crippen molar-refractivity contribution in [3.05, 3.63) is 59.7 Å². The van der Waals surface area contributed by atoms with Gasteiger partial charge in [-0.3, -0.25) is 13.9 Å². The van der Waals surface area contributed by atoms with E-state index in [4.69, 9.17) is 4.74 Å². The number of hydrogen-bond donors (Lipinski definition) is 1. The number of likely N-dealkylation sites (N-methyl/N-ethyl adjacent to an activating group) is 1. The number of amides is 2. The summed E-state index contributed by atoms with van der Waals surface area (Å²) < 4.78 is 32.0. The molecule has 2 aromatic rings. The fourth-order valence-corrected chi connectivity index (χ4v) is 4.95. The van der Waals surface area contributed by atoms with E-state index in [-0.39, 0.29) is 24.8 Å². The van der Waals surface area contributed by atoms with Crippen LogP contribution in [0.15, 0.2) is 48.5 Å². The number of benzene rings is 2. The maximum atomic E-state index is 13.4. The molecule has 0 saturated carbocycles. The van der Waals surface area contributed by atoms with Crippen LogP contribution in [0, 0.1) is 6.92 Å². The van der Waals surface area contributed by atoms with Gasteiger partial charge in [0.1, 0.15) is 11.8 Å². The molecule has 0 aliphatic carbocycles. The molecule has 9 heteroatoms. The predicted molar refractivity (Wildman–Crippen MR) is 139 cm³/mol. The lowest BCUT2D eigenvalue weighted by Gasteiger charge is -2.31. The summed E-state index contributed by atoms with van der Waals surface area (Å²) in [6, 6.07) is 14.1. The SMILES string of the molecule is CCOc1ccccc1N(CCCC(=O)N(Cc1ccccc1C)[C@H](CC)C(=O)NC)S(C)(=O)=O. The van der Waals surface area contributed by atoms with Gasteiger partial charge in [-0.1, -0.05) is 43.3 Å². The van der Waals surface area contributed by atoms with Gasteiger partial charge in [-0.05, 0) is 49.9 Å². The number of sulfonamides is 1. The van der Waals surface area contributed by atoms with Gasteiger partial charge in [-0.2, -0.15) is 0 Å². The highest BCUT2D eigenvalue weighted by Crippen LogP contribution is 2.30. The Morgan fingerprint density at radius 3 is 2.31 bits per heavy atom. The largest absolute Gasteiger partial charge is 0.492 e. The van der Waals surface area contributed by atoms with Gasteiger partial charge in [0, 0.05) is 26.6 Å². The Bertz CT molecular complexity index is 1100. The van der Waals surface area contributed by atoms with E-state index >= 15 is 0 Å². The Kier molecular flexibility index (Phi) is 10.6. The minimum Gasteiger partial charge on any atom is -0.492 e. The van der Waals surface area contributed by atoms with Gasteiger partial charge in [0.25, 0.3) is 0 Å². The summed E-state index contributed by atoms with van der Waals surface area (Å²) in [5, 5.41) is 2.65. The minimum atomic E-state index is -3.61. The number of anilines is 1. The van der Waals surface area contributed by atoms with Crippen LogP contribution in [0.1, 0.15) is 44.2 Å². The van der Waals surface area contributed by atoms with E-state index in [1.165, 1.54) is 4.31 Å². The van der Waals surface area contributed by atoms with Gasteiger partial charge < -0.3 is 15.0 Å². The Hall–Kier alpha value is -3.07. The fraction of sp³-hybridized carbons (Fsp3) is 0.462. The molecule has 2 rings (SSSR count). The fourth-order valence-electron chi connectivity index (χ4n) is 3.98. The summed E-state index contributed by atoms with van der Waals surface area (Å²) in [6.45, 7) is 6.50. The number of para-hydroxylation sites is 2. The maximum absolute atomic E-state index is 13.4. The molecular formula is C26H37N3O5S. The molecule has 0 heterocycles. The smallest absolute Gasteiger partial charge is 0.242 e. The van der Waals surface area contributed by atoms with Gasteiger partial charge in [0.05, 0.1) is 18.6 Å². The molecule has 0 aliphatic heterocycles. The van der Waals surface area contributed by atoms with Crippen molar-refractivity contribution in [2.24, 2.45) is 0 Å². The number of carbonyl (C=O) groups excluding carboxylic acids is 2. The number of nitrogens with one attached hydrogen (secondary N) is 1. The Morgan fingerprint density at radius 2 is 1.71 bits per heavy atom. The first-order valence-electron chi connectivity index (χ1n) is 11.9. The zero-order chi connectivity index (χ0) is 26.0. The van der Waals surface area contributed by atoms with E-state index in [9.17, 15) is 18.0 Å². The highest BCUT2D eigenvalue weighted by molar-refractivity contribution is 7.92. The van der Waals surface area contributed by atoms with Gasteiger partial charge in [0.15, 0.2) is 0 Å². The van der Waals surface area contributed by atoms with Crippen LogP contribution in [0.2, 0.25) is 0 Å².